The van der Waals surface area contributed by atoms with Crippen molar-refractivity contribution in [1.82, 2.24) is 9.97 Å². The molecule has 0 aliphatic heterocycles. The molecule has 2 aromatic rings. The molecule has 0 spiro atoms. The Morgan fingerprint density at radius 1 is 0.774 bits per heavy atom. The molecule has 0 amide bonds. The predicted octanol–water partition coefficient (Wildman–Crippen LogP) is 7.57. The maximum atomic E-state index is 14.5. The Morgan fingerprint density at radius 2 is 1.39 bits per heavy atom. The summed E-state index contributed by atoms with van der Waals surface area (Å²) in [7, 11) is 0. The minimum atomic E-state index is -1.30. The number of hydrogen-bond donors (Lipinski definition) is 0. The number of unbranched alkanes of at least 4 members (excludes halogenated alkanes) is 7. The topological polar surface area (TPSA) is 44.2 Å². The molecule has 0 aliphatic rings. The molecule has 0 radical (unpaired) electrons. The van der Waals surface area contributed by atoms with Gasteiger partial charge in [-0.2, -0.15) is 0 Å². The molecule has 0 aliphatic carbocycles. The number of rotatable bonds is 16. The van der Waals surface area contributed by atoms with Crippen LogP contribution in [0.1, 0.15) is 85.0 Å². The quantitative estimate of drug-likeness (QED) is 0.258. The summed E-state index contributed by atoms with van der Waals surface area (Å²) in [4.78, 5) is 8.82. The predicted molar refractivity (Wildman–Crippen MR) is 125 cm³/mol. The maximum Gasteiger partial charge on any atom is 0.159 e. The zero-order chi connectivity index (χ0) is 22.4. The third-order valence-corrected chi connectivity index (χ3v) is 5.35. The van der Waals surface area contributed by atoms with Crippen LogP contribution in [0.5, 0.6) is 11.5 Å². The third-order valence-electron chi connectivity index (χ3n) is 5.35. The molecule has 0 saturated heterocycles. The van der Waals surface area contributed by atoms with Crippen molar-refractivity contribution < 1.29 is 13.9 Å². The summed E-state index contributed by atoms with van der Waals surface area (Å²) in [6, 6.07) is 7.47. The minimum absolute atomic E-state index is 0.0667. The van der Waals surface area contributed by atoms with Gasteiger partial charge in [0.1, 0.15) is 18.0 Å². The van der Waals surface area contributed by atoms with Gasteiger partial charge in [0.05, 0.1) is 19.0 Å². The highest BCUT2D eigenvalue weighted by atomic mass is 19.1. The summed E-state index contributed by atoms with van der Waals surface area (Å²) >= 11 is 0. The molecule has 1 atom stereocenters. The van der Waals surface area contributed by atoms with Crippen molar-refractivity contribution in [3.63, 3.8) is 0 Å². The highest BCUT2D eigenvalue weighted by molar-refractivity contribution is 5.56. The summed E-state index contributed by atoms with van der Waals surface area (Å²) in [6.45, 7) is 6.73. The van der Waals surface area contributed by atoms with Gasteiger partial charge in [0, 0.05) is 5.56 Å². The molecule has 31 heavy (non-hydrogen) atoms. The molecule has 0 N–H and O–H groups in total. The van der Waals surface area contributed by atoms with E-state index in [4.69, 9.17) is 9.47 Å². The van der Waals surface area contributed by atoms with Gasteiger partial charge in [0.2, 0.25) is 0 Å². The fraction of sp³-hybridized carbons (Fsp3) is 0.615. The smallest absolute Gasteiger partial charge is 0.159 e. The van der Waals surface area contributed by atoms with Gasteiger partial charge in [0.25, 0.3) is 0 Å². The third kappa shape index (κ3) is 10.1. The van der Waals surface area contributed by atoms with Crippen LogP contribution in [0.2, 0.25) is 0 Å². The van der Waals surface area contributed by atoms with Crippen LogP contribution < -0.4 is 9.47 Å². The monoisotopic (exact) mass is 430 g/mol. The van der Waals surface area contributed by atoms with Crippen molar-refractivity contribution in [3.8, 4) is 22.9 Å². The Labute approximate surface area is 187 Å². The van der Waals surface area contributed by atoms with Gasteiger partial charge in [-0.05, 0) is 44.0 Å². The maximum absolute atomic E-state index is 14.5. The lowest BCUT2D eigenvalue weighted by molar-refractivity contribution is 0.0907. The van der Waals surface area contributed by atoms with Crippen LogP contribution in [0.3, 0.4) is 0 Å². The van der Waals surface area contributed by atoms with Crippen molar-refractivity contribution >= 4 is 0 Å². The zero-order valence-corrected chi connectivity index (χ0v) is 19.5. The second-order valence-corrected chi connectivity index (χ2v) is 8.54. The second kappa shape index (κ2) is 14.0. The lowest BCUT2D eigenvalue weighted by Crippen LogP contribution is -2.27. The van der Waals surface area contributed by atoms with Gasteiger partial charge in [-0.1, -0.05) is 65.2 Å². The van der Waals surface area contributed by atoms with E-state index >= 15 is 0 Å². The van der Waals surface area contributed by atoms with Crippen molar-refractivity contribution in [3.05, 3.63) is 36.7 Å². The number of ether oxygens (including phenoxy) is 2. The number of alkyl halides is 1. The normalized spacial score (nSPS) is 13.0. The molecule has 2 rings (SSSR count). The SMILES string of the molecule is CCCCCCCCOc1cnc(-c2ccc(OC[C@@](C)(F)CCCCC)cc2)nc1. The highest BCUT2D eigenvalue weighted by Crippen LogP contribution is 2.24. The van der Waals surface area contributed by atoms with E-state index < -0.39 is 5.67 Å². The molecular formula is C26H39FN2O2. The minimum Gasteiger partial charge on any atom is -0.490 e. The van der Waals surface area contributed by atoms with E-state index in [1.165, 1.54) is 32.1 Å². The van der Waals surface area contributed by atoms with Gasteiger partial charge in [-0.3, -0.25) is 0 Å². The van der Waals surface area contributed by atoms with E-state index in [-0.39, 0.29) is 6.61 Å². The fourth-order valence-electron chi connectivity index (χ4n) is 3.36. The van der Waals surface area contributed by atoms with Crippen LogP contribution in [-0.2, 0) is 0 Å². The molecule has 5 heteroatoms. The molecule has 0 saturated carbocycles. The second-order valence-electron chi connectivity index (χ2n) is 8.54. The Morgan fingerprint density at radius 3 is 2.06 bits per heavy atom. The first kappa shape index (κ1) is 25.1. The van der Waals surface area contributed by atoms with Gasteiger partial charge in [0.15, 0.2) is 11.6 Å². The van der Waals surface area contributed by atoms with Gasteiger partial charge >= 0.3 is 0 Å². The average Bonchev–Trinajstić information content (AvgIpc) is 2.78. The molecule has 0 bridgehead atoms. The first-order valence-electron chi connectivity index (χ1n) is 11.9. The van der Waals surface area contributed by atoms with E-state index in [1.54, 1.807) is 19.3 Å². The van der Waals surface area contributed by atoms with Crippen molar-refractivity contribution in [2.24, 2.45) is 0 Å². The average molecular weight is 431 g/mol. The molecule has 1 aromatic carbocycles. The number of hydrogen-bond acceptors (Lipinski definition) is 4. The fourth-order valence-corrected chi connectivity index (χ4v) is 3.36. The summed E-state index contributed by atoms with van der Waals surface area (Å²) < 4.78 is 25.9. The lowest BCUT2D eigenvalue weighted by Gasteiger charge is -2.20. The van der Waals surface area contributed by atoms with Gasteiger partial charge in [-0.15, -0.1) is 0 Å². The molecule has 0 fully saturated rings. The molecular weight excluding hydrogens is 391 g/mol. The van der Waals surface area contributed by atoms with Crippen molar-refractivity contribution in [2.45, 2.75) is 90.6 Å². The van der Waals surface area contributed by atoms with Crippen LogP contribution in [0.15, 0.2) is 36.7 Å². The first-order valence-corrected chi connectivity index (χ1v) is 11.9. The molecule has 1 heterocycles. The largest absolute Gasteiger partial charge is 0.490 e. The summed E-state index contributed by atoms with van der Waals surface area (Å²) in [5.74, 6) is 1.98. The van der Waals surface area contributed by atoms with Crippen molar-refractivity contribution in [2.75, 3.05) is 13.2 Å². The van der Waals surface area contributed by atoms with Crippen molar-refractivity contribution in [1.29, 1.82) is 0 Å². The molecule has 172 valence electrons. The Balaban J connectivity index is 1.75. The van der Waals surface area contributed by atoms with E-state index in [9.17, 15) is 4.39 Å². The van der Waals surface area contributed by atoms with Gasteiger partial charge < -0.3 is 9.47 Å². The number of nitrogens with zero attached hydrogens (tertiary/aromatic N) is 2. The van der Waals surface area contributed by atoms with Crippen LogP contribution in [0.4, 0.5) is 4.39 Å². The van der Waals surface area contributed by atoms with Crippen LogP contribution in [0.25, 0.3) is 11.4 Å². The van der Waals surface area contributed by atoms with Crippen LogP contribution in [0, 0.1) is 0 Å². The Hall–Kier alpha value is -2.17. The highest BCUT2D eigenvalue weighted by Gasteiger charge is 2.23. The van der Waals surface area contributed by atoms with Gasteiger partial charge in [-0.25, -0.2) is 14.4 Å². The van der Waals surface area contributed by atoms with E-state index in [2.05, 4.69) is 23.8 Å². The van der Waals surface area contributed by atoms with E-state index in [0.717, 1.165) is 31.2 Å². The summed E-state index contributed by atoms with van der Waals surface area (Å²) in [5, 5.41) is 0. The lowest BCUT2D eigenvalue weighted by atomic mass is 10.0. The number of aromatic nitrogens is 2. The van der Waals surface area contributed by atoms with E-state index in [1.807, 2.05) is 24.3 Å². The molecule has 0 unspecified atom stereocenters. The Kier molecular flexibility index (Phi) is 11.3. The van der Waals surface area contributed by atoms with Crippen LogP contribution >= 0.6 is 0 Å². The standard InChI is InChI=1S/C26H39FN2O2/c1-4-6-8-9-10-12-18-30-24-19-28-25(29-20-24)22-13-15-23(16-14-22)31-21-26(3,27)17-11-7-5-2/h13-16,19-20H,4-12,17-18,21H2,1-3H3/t26-/m0/s1. The summed E-state index contributed by atoms with van der Waals surface area (Å²) in [6.07, 6.45) is 14.4. The Bertz CT molecular complexity index is 717. The van der Waals surface area contributed by atoms with Crippen LogP contribution in [-0.4, -0.2) is 28.9 Å². The molecule has 4 nitrogen and oxygen atoms in total. The number of benzene rings is 1. The van der Waals surface area contributed by atoms with E-state index in [0.29, 0.717) is 30.4 Å². The first-order chi connectivity index (χ1) is 15.0. The zero-order valence-electron chi connectivity index (χ0n) is 19.5. The molecule has 1 aromatic heterocycles. The summed E-state index contributed by atoms with van der Waals surface area (Å²) in [5.41, 5.74) is -0.414. The number of halogens is 1.